The van der Waals surface area contributed by atoms with E-state index < -0.39 is 5.60 Å². The van der Waals surface area contributed by atoms with Crippen LogP contribution in [-0.4, -0.2) is 132 Å². The van der Waals surface area contributed by atoms with Crippen molar-refractivity contribution in [1.29, 1.82) is 0 Å². The Morgan fingerprint density at radius 1 is 0.594 bits per heavy atom. The molecule has 0 unspecified atom stereocenters. The third-order valence-electron chi connectivity index (χ3n) is 16.2. The number of carbonyl (C=O) groups is 2. The average molecular weight is 941 g/mol. The molecule has 4 fully saturated rings. The number of urea groups is 2. The molecule has 4 amide bonds. The summed E-state index contributed by atoms with van der Waals surface area (Å²) in [5.41, 5.74) is 5.07. The summed E-state index contributed by atoms with van der Waals surface area (Å²) >= 11 is 0. The van der Waals surface area contributed by atoms with Crippen LogP contribution in [0.2, 0.25) is 0 Å². The van der Waals surface area contributed by atoms with E-state index in [9.17, 15) is 14.7 Å². The van der Waals surface area contributed by atoms with Gasteiger partial charge in [0.05, 0.1) is 30.9 Å². The molecule has 11 nitrogen and oxygen atoms in total. The Morgan fingerprint density at radius 2 is 0.971 bits per heavy atom. The van der Waals surface area contributed by atoms with Crippen LogP contribution in [0.15, 0.2) is 121 Å². The quantitative estimate of drug-likeness (QED) is 0.119. The number of amides is 4. The fraction of sp³-hybridized carbons (Fsp3) is 0.517. The van der Waals surface area contributed by atoms with Gasteiger partial charge in [-0.05, 0) is 160 Å². The summed E-state index contributed by atoms with van der Waals surface area (Å²) in [5.74, 6) is 1.66. The van der Waals surface area contributed by atoms with Crippen LogP contribution in [0.1, 0.15) is 108 Å². The Labute approximate surface area is 413 Å². The Bertz CT molecular complexity index is 2320. The van der Waals surface area contributed by atoms with Gasteiger partial charge < -0.3 is 34.2 Å². The van der Waals surface area contributed by atoms with Crippen molar-refractivity contribution in [2.45, 2.75) is 126 Å². The van der Waals surface area contributed by atoms with E-state index in [0.717, 1.165) is 87.1 Å². The number of carbonyl (C=O) groups excluding carboxylic acids is 2. The van der Waals surface area contributed by atoms with Crippen LogP contribution < -0.4 is 9.47 Å². The van der Waals surface area contributed by atoms with Gasteiger partial charge in [-0.25, -0.2) is 9.59 Å². The Morgan fingerprint density at radius 3 is 1.32 bits per heavy atom. The van der Waals surface area contributed by atoms with Gasteiger partial charge in [0.25, 0.3) is 0 Å². The maximum absolute atomic E-state index is 13.7. The fourth-order valence-electron chi connectivity index (χ4n) is 11.8. The van der Waals surface area contributed by atoms with Crippen molar-refractivity contribution in [1.82, 2.24) is 29.4 Å². The molecule has 4 aromatic rings. The number of allylic oxidation sites excluding steroid dienone is 1. The Hall–Kier alpha value is -5.36. The highest BCUT2D eigenvalue weighted by molar-refractivity contribution is 5.79. The maximum atomic E-state index is 13.7. The second kappa shape index (κ2) is 21.3. The number of ether oxygens (including phenoxy) is 2. The van der Waals surface area contributed by atoms with Crippen LogP contribution in [0, 0.1) is 0 Å². The highest BCUT2D eigenvalue weighted by atomic mass is 16.5. The smallest absolute Gasteiger partial charge is 0.321 e. The second-order valence-corrected chi connectivity index (χ2v) is 21.6. The van der Waals surface area contributed by atoms with Gasteiger partial charge in [-0.1, -0.05) is 96.6 Å². The van der Waals surface area contributed by atoms with Crippen LogP contribution in [0.5, 0.6) is 11.5 Å². The highest BCUT2D eigenvalue weighted by Crippen LogP contribution is 2.51. The van der Waals surface area contributed by atoms with E-state index in [0.29, 0.717) is 32.6 Å². The van der Waals surface area contributed by atoms with E-state index in [1.54, 1.807) is 14.2 Å². The van der Waals surface area contributed by atoms with E-state index >= 15 is 0 Å². The second-order valence-electron chi connectivity index (χ2n) is 21.6. The third kappa shape index (κ3) is 11.2. The van der Waals surface area contributed by atoms with Crippen LogP contribution in [0.4, 0.5) is 9.59 Å². The van der Waals surface area contributed by atoms with E-state index in [4.69, 9.17) is 9.47 Å². The molecule has 2 saturated heterocycles. The van der Waals surface area contributed by atoms with Crippen molar-refractivity contribution in [2.75, 3.05) is 68.6 Å². The van der Waals surface area contributed by atoms with E-state index in [1.807, 2.05) is 60.0 Å². The SMILES string of the molecule is COc1ccc(CN2CC3(CCC(c4ccccc4)(N(C)C)CC3)N(CC=C(C)C)C2=O)cc1.COc1ccc(CN2CC3(CCC(c4ccccc4)(N(C)C)CC3)N(CCC(C)(C)O)C2=O)cc1. The lowest BCUT2D eigenvalue weighted by Crippen LogP contribution is -2.56. The molecule has 2 aliphatic carbocycles. The lowest BCUT2D eigenvalue weighted by Gasteiger charge is -2.51. The standard InChI is InChI=1S/C29H41N3O3.C29H39N3O2/c1-27(2,34)19-20-32-26(33)31(21-23-11-13-25(35-5)14-12-23)22-28(32)15-17-29(18-16-28,30(3)4)24-9-7-6-8-10-24;1-23(2)15-20-32-27(33)31(21-24-11-13-26(34-5)14-12-24)22-28(32)16-18-29(19-17-28,30(3)4)25-9-7-6-8-10-25/h6-14,34H,15-22H2,1-5H3;6-15H,16-22H2,1-5H3. The number of hydrogen-bond acceptors (Lipinski definition) is 7. The zero-order valence-electron chi connectivity index (χ0n) is 43.3. The maximum Gasteiger partial charge on any atom is 0.321 e. The summed E-state index contributed by atoms with van der Waals surface area (Å²) in [6.45, 7) is 11.8. The van der Waals surface area contributed by atoms with Crippen LogP contribution in [0.25, 0.3) is 0 Å². The van der Waals surface area contributed by atoms with Gasteiger partial charge in [0, 0.05) is 50.3 Å². The predicted octanol–water partition coefficient (Wildman–Crippen LogP) is 10.5. The molecule has 8 rings (SSSR count). The van der Waals surface area contributed by atoms with Gasteiger partial charge in [0.1, 0.15) is 11.5 Å². The summed E-state index contributed by atoms with van der Waals surface area (Å²) in [6, 6.07) is 37.9. The van der Waals surface area contributed by atoms with Gasteiger partial charge in [-0.2, -0.15) is 0 Å². The first-order chi connectivity index (χ1) is 32.9. The number of aliphatic hydroxyl groups is 1. The number of methoxy groups -OCH3 is 2. The lowest BCUT2D eigenvalue weighted by atomic mass is 9.68. The zero-order valence-corrected chi connectivity index (χ0v) is 43.3. The number of hydrogen-bond donors (Lipinski definition) is 1. The topological polar surface area (TPSA) is 92.3 Å². The first-order valence-corrected chi connectivity index (χ1v) is 25.1. The average Bonchev–Trinajstić information content (AvgIpc) is 3.74. The van der Waals surface area contributed by atoms with Crippen molar-refractivity contribution >= 4 is 12.1 Å². The highest BCUT2D eigenvalue weighted by Gasteiger charge is 2.56. The largest absolute Gasteiger partial charge is 0.497 e. The van der Waals surface area contributed by atoms with Gasteiger partial charge in [0.15, 0.2) is 0 Å². The predicted molar refractivity (Wildman–Crippen MR) is 277 cm³/mol. The van der Waals surface area contributed by atoms with Crippen molar-refractivity contribution in [3.63, 3.8) is 0 Å². The van der Waals surface area contributed by atoms with Crippen molar-refractivity contribution in [2.24, 2.45) is 0 Å². The molecular formula is C58H80N6O5. The third-order valence-corrected chi connectivity index (χ3v) is 16.2. The number of rotatable bonds is 15. The van der Waals surface area contributed by atoms with Gasteiger partial charge >= 0.3 is 12.1 Å². The number of benzene rings is 4. The van der Waals surface area contributed by atoms with Gasteiger partial charge in [-0.15, -0.1) is 0 Å². The summed E-state index contributed by atoms with van der Waals surface area (Å²) in [5, 5.41) is 10.4. The summed E-state index contributed by atoms with van der Waals surface area (Å²) < 4.78 is 10.6. The zero-order chi connectivity index (χ0) is 49.6. The molecule has 2 saturated carbocycles. The molecule has 2 heterocycles. The molecule has 4 aromatic carbocycles. The first-order valence-electron chi connectivity index (χ1n) is 25.1. The minimum absolute atomic E-state index is 0.0150. The summed E-state index contributed by atoms with van der Waals surface area (Å²) in [4.78, 5) is 40.4. The van der Waals surface area contributed by atoms with Gasteiger partial charge in [0.2, 0.25) is 0 Å². The van der Waals surface area contributed by atoms with Crippen molar-refractivity contribution in [3.8, 4) is 11.5 Å². The van der Waals surface area contributed by atoms with E-state index in [-0.39, 0.29) is 34.2 Å². The summed E-state index contributed by atoms with van der Waals surface area (Å²) in [7, 11) is 12.1. The Balaban J connectivity index is 0.000000204. The minimum Gasteiger partial charge on any atom is -0.497 e. The molecule has 0 radical (unpaired) electrons. The molecule has 0 atom stereocenters. The molecule has 0 bridgehead atoms. The number of nitrogens with zero attached hydrogens (tertiary/aromatic N) is 6. The molecule has 4 aliphatic rings. The molecule has 11 heteroatoms. The lowest BCUT2D eigenvalue weighted by molar-refractivity contribution is 0.0107. The molecule has 372 valence electrons. The van der Waals surface area contributed by atoms with Gasteiger partial charge in [-0.3, -0.25) is 9.80 Å². The molecule has 1 N–H and O–H groups in total. The summed E-state index contributed by atoms with van der Waals surface area (Å²) in [6.07, 6.45) is 10.7. The first kappa shape index (κ1) is 51.5. The monoisotopic (exact) mass is 941 g/mol. The van der Waals surface area contributed by atoms with E-state index in [2.05, 4.69) is 141 Å². The van der Waals surface area contributed by atoms with Crippen LogP contribution in [0.3, 0.4) is 0 Å². The van der Waals surface area contributed by atoms with Crippen molar-refractivity contribution < 1.29 is 24.2 Å². The molecule has 69 heavy (non-hydrogen) atoms. The van der Waals surface area contributed by atoms with Crippen LogP contribution in [-0.2, 0) is 24.2 Å². The van der Waals surface area contributed by atoms with E-state index in [1.165, 1.54) is 16.7 Å². The minimum atomic E-state index is -0.809. The Kier molecular flexibility index (Phi) is 15.9. The molecule has 2 aliphatic heterocycles. The molecular weight excluding hydrogens is 861 g/mol. The van der Waals surface area contributed by atoms with Crippen LogP contribution >= 0.6 is 0 Å². The van der Waals surface area contributed by atoms with Crippen molar-refractivity contribution in [3.05, 3.63) is 143 Å². The molecule has 0 aromatic heterocycles. The fourth-order valence-corrected chi connectivity index (χ4v) is 11.8. The molecule has 2 spiro atoms. The normalized spacial score (nSPS) is 24.9.